The van der Waals surface area contributed by atoms with E-state index in [2.05, 4.69) is 0 Å². The minimum absolute atomic E-state index is 0.00324. The Kier molecular flexibility index (Phi) is 7.04. The number of carbonyl (C=O) groups excluding carboxylic acids is 1. The van der Waals surface area contributed by atoms with Gasteiger partial charge in [-0.05, 0) is 25.1 Å². The Morgan fingerprint density at radius 2 is 1.68 bits per heavy atom. The number of esters is 1. The van der Waals surface area contributed by atoms with E-state index >= 15 is 0 Å². The Hall–Kier alpha value is -4.53. The zero-order valence-electron chi connectivity index (χ0n) is 19.5. The van der Waals surface area contributed by atoms with Crippen molar-refractivity contribution in [1.82, 2.24) is 0 Å². The van der Waals surface area contributed by atoms with Crippen molar-refractivity contribution in [3.05, 3.63) is 40.6 Å². The quantitative estimate of drug-likeness (QED) is 0.130. The van der Waals surface area contributed by atoms with E-state index in [1.807, 2.05) is 0 Å². The van der Waals surface area contributed by atoms with Crippen molar-refractivity contribution in [2.24, 2.45) is 0 Å². The minimum atomic E-state index is -1.93. The van der Waals surface area contributed by atoms with Crippen LogP contribution in [0.2, 0.25) is 0 Å². The van der Waals surface area contributed by atoms with Crippen molar-refractivity contribution in [3.63, 3.8) is 0 Å². The molecule has 1 saturated heterocycles. The lowest BCUT2D eigenvalue weighted by Gasteiger charge is -2.40. The molecule has 5 atom stereocenters. The van der Waals surface area contributed by atoms with Crippen LogP contribution in [0.4, 0.5) is 0 Å². The van der Waals surface area contributed by atoms with Gasteiger partial charge in [0.25, 0.3) is 0 Å². The molecule has 0 bridgehead atoms. The predicted octanol–water partition coefficient (Wildman–Crippen LogP) is 0.514. The number of aliphatic carboxylic acids is 1. The Morgan fingerprint density at radius 3 is 2.34 bits per heavy atom. The Bertz CT molecular complexity index is 1460. The fourth-order valence-electron chi connectivity index (χ4n) is 3.93. The van der Waals surface area contributed by atoms with Crippen molar-refractivity contribution in [3.8, 4) is 40.1 Å². The third-order valence-corrected chi connectivity index (χ3v) is 5.73. The maximum absolute atomic E-state index is 13.4. The van der Waals surface area contributed by atoms with Crippen LogP contribution in [0.1, 0.15) is 13.3 Å². The van der Waals surface area contributed by atoms with Crippen LogP contribution >= 0.6 is 0 Å². The smallest absolute Gasteiger partial charge is 0.317 e. The molecule has 0 radical (unpaired) electrons. The van der Waals surface area contributed by atoms with Gasteiger partial charge in [0.05, 0.1) is 6.10 Å². The summed E-state index contributed by atoms with van der Waals surface area (Å²) in [5.41, 5.74) is -1.26. The lowest BCUT2D eigenvalue weighted by molar-refractivity contribution is -0.272. The summed E-state index contributed by atoms with van der Waals surface area (Å²) in [7, 11) is 0. The van der Waals surface area contributed by atoms with Gasteiger partial charge in [0.2, 0.25) is 17.5 Å². The van der Waals surface area contributed by atoms with Crippen molar-refractivity contribution >= 4 is 22.9 Å². The van der Waals surface area contributed by atoms with Crippen LogP contribution in [0, 0.1) is 0 Å². The van der Waals surface area contributed by atoms with Crippen LogP contribution in [-0.4, -0.2) is 78.4 Å². The number of aliphatic hydroxyl groups is 2. The van der Waals surface area contributed by atoms with E-state index in [4.69, 9.17) is 23.7 Å². The topological polar surface area (TPSA) is 234 Å². The summed E-state index contributed by atoms with van der Waals surface area (Å²) in [6.45, 7) is 1.33. The minimum Gasteiger partial charge on any atom is -0.508 e. The standard InChI is InChI=1S/C24H22O14/c1-8-21(37-16(31)7-15(29)30)19(33)20(34)24(35-8)38-23-18(32)17-13(28)5-10(25)6-14(17)36-22(23)9-2-3-11(26)12(27)4-9/h2-6,8,19-21,24-28,33-34H,7H2,1H3,(H,29,30)/t8?,19?,20-,21-,24-/m0/s1. The normalized spacial score (nSPS) is 23.2. The lowest BCUT2D eigenvalue weighted by atomic mass is 9.99. The number of phenols is 4. The summed E-state index contributed by atoms with van der Waals surface area (Å²) in [6.07, 6.45) is -9.16. The molecule has 2 aromatic carbocycles. The molecule has 2 unspecified atom stereocenters. The summed E-state index contributed by atoms with van der Waals surface area (Å²) in [5, 5.41) is 69.2. The first-order valence-electron chi connectivity index (χ1n) is 11.0. The molecule has 202 valence electrons. The molecule has 1 aliphatic rings. The number of hydrogen-bond donors (Lipinski definition) is 7. The molecule has 1 aromatic heterocycles. The highest BCUT2D eigenvalue weighted by Gasteiger charge is 2.47. The number of carboxylic acid groups (broad SMARTS) is 1. The van der Waals surface area contributed by atoms with E-state index < -0.39 is 88.6 Å². The molecular weight excluding hydrogens is 512 g/mol. The van der Waals surface area contributed by atoms with Crippen molar-refractivity contribution in [1.29, 1.82) is 0 Å². The van der Waals surface area contributed by atoms with Gasteiger partial charge in [0.1, 0.15) is 41.1 Å². The third kappa shape index (κ3) is 5.00. The number of carbonyl (C=O) groups is 2. The molecule has 14 nitrogen and oxygen atoms in total. The molecule has 0 aliphatic carbocycles. The monoisotopic (exact) mass is 534 g/mol. The summed E-state index contributed by atoms with van der Waals surface area (Å²) < 4.78 is 21.7. The number of fused-ring (bicyclic) bond motifs is 1. The van der Waals surface area contributed by atoms with Gasteiger partial charge >= 0.3 is 11.9 Å². The first kappa shape index (κ1) is 26.5. The highest BCUT2D eigenvalue weighted by Crippen LogP contribution is 2.39. The molecule has 3 aromatic rings. The molecule has 14 heteroatoms. The van der Waals surface area contributed by atoms with Gasteiger partial charge in [-0.25, -0.2) is 0 Å². The number of phenolic OH excluding ortho intramolecular Hbond substituents is 4. The van der Waals surface area contributed by atoms with Crippen LogP contribution in [-0.2, 0) is 19.1 Å². The molecule has 0 spiro atoms. The molecule has 7 N–H and O–H groups in total. The molecule has 2 heterocycles. The summed E-state index contributed by atoms with van der Waals surface area (Å²) in [4.78, 5) is 35.9. The number of carboxylic acids is 1. The number of hydrogen-bond acceptors (Lipinski definition) is 13. The predicted molar refractivity (Wildman–Crippen MR) is 124 cm³/mol. The molecule has 4 rings (SSSR count). The van der Waals surface area contributed by atoms with Gasteiger partial charge in [-0.3, -0.25) is 14.4 Å². The molecule has 1 aliphatic heterocycles. The van der Waals surface area contributed by atoms with Gasteiger partial charge in [-0.15, -0.1) is 0 Å². The summed E-state index contributed by atoms with van der Waals surface area (Å²) in [5.74, 6) is -5.83. The highest BCUT2D eigenvalue weighted by atomic mass is 16.7. The molecule has 0 saturated carbocycles. The maximum Gasteiger partial charge on any atom is 0.317 e. The maximum atomic E-state index is 13.4. The largest absolute Gasteiger partial charge is 0.508 e. The van der Waals surface area contributed by atoms with E-state index in [1.54, 1.807) is 0 Å². The lowest BCUT2D eigenvalue weighted by Crippen LogP contribution is -2.59. The second-order valence-corrected chi connectivity index (χ2v) is 8.46. The number of benzene rings is 2. The zero-order valence-corrected chi connectivity index (χ0v) is 19.5. The highest BCUT2D eigenvalue weighted by molar-refractivity contribution is 5.90. The number of rotatable bonds is 6. The molecule has 1 fully saturated rings. The van der Waals surface area contributed by atoms with Crippen molar-refractivity contribution in [2.75, 3.05) is 0 Å². The first-order valence-corrected chi connectivity index (χ1v) is 11.0. The average molecular weight is 534 g/mol. The first-order chi connectivity index (χ1) is 17.9. The van der Waals surface area contributed by atoms with Crippen LogP contribution in [0.3, 0.4) is 0 Å². The third-order valence-electron chi connectivity index (χ3n) is 5.73. The van der Waals surface area contributed by atoms with Crippen molar-refractivity contribution in [2.45, 2.75) is 44.1 Å². The van der Waals surface area contributed by atoms with Crippen LogP contribution < -0.4 is 10.2 Å². The number of ether oxygens (including phenoxy) is 3. The van der Waals surface area contributed by atoms with Gasteiger partial charge in [-0.2, -0.15) is 0 Å². The van der Waals surface area contributed by atoms with Gasteiger partial charge in [0.15, 0.2) is 23.4 Å². The number of aliphatic hydroxyl groups excluding tert-OH is 2. The van der Waals surface area contributed by atoms with E-state index in [9.17, 15) is 45.0 Å². The fourth-order valence-corrected chi connectivity index (χ4v) is 3.93. The van der Waals surface area contributed by atoms with Crippen molar-refractivity contribution < 1.29 is 64.0 Å². The van der Waals surface area contributed by atoms with E-state index in [1.165, 1.54) is 13.0 Å². The van der Waals surface area contributed by atoms with E-state index in [0.29, 0.717) is 0 Å². The summed E-state index contributed by atoms with van der Waals surface area (Å²) >= 11 is 0. The van der Waals surface area contributed by atoms with E-state index in [-0.39, 0.29) is 16.9 Å². The zero-order chi connectivity index (χ0) is 27.9. The van der Waals surface area contributed by atoms with Gasteiger partial charge < -0.3 is 54.4 Å². The second kappa shape index (κ2) is 10.1. The Labute approximate surface area is 212 Å². The van der Waals surface area contributed by atoms with Crippen LogP contribution in [0.25, 0.3) is 22.3 Å². The van der Waals surface area contributed by atoms with Crippen LogP contribution in [0.15, 0.2) is 39.5 Å². The fraction of sp³-hybridized carbons (Fsp3) is 0.292. The number of aromatic hydroxyl groups is 4. The molecular formula is C24H22O14. The van der Waals surface area contributed by atoms with Gasteiger partial charge in [0, 0.05) is 17.7 Å². The van der Waals surface area contributed by atoms with Crippen LogP contribution in [0.5, 0.6) is 28.7 Å². The SMILES string of the molecule is CC1O[C@@H](Oc2c(-c3ccc(O)c(O)c3)oc3cc(O)cc(O)c3c2=O)[C@@H](O)C(O)[C@H]1OC(=O)CC(=O)O. The van der Waals surface area contributed by atoms with E-state index in [0.717, 1.165) is 24.3 Å². The molecule has 38 heavy (non-hydrogen) atoms. The Morgan fingerprint density at radius 1 is 0.974 bits per heavy atom. The average Bonchev–Trinajstić information content (AvgIpc) is 2.82. The Balaban J connectivity index is 1.76. The second-order valence-electron chi connectivity index (χ2n) is 8.46. The summed E-state index contributed by atoms with van der Waals surface area (Å²) in [6, 6.07) is 5.29. The van der Waals surface area contributed by atoms with Gasteiger partial charge in [-0.1, -0.05) is 0 Å². The molecule has 0 amide bonds.